The van der Waals surface area contributed by atoms with Gasteiger partial charge in [0.2, 0.25) is 5.91 Å². The lowest BCUT2D eigenvalue weighted by Gasteiger charge is -1.98. The molecule has 1 aromatic carbocycles. The van der Waals surface area contributed by atoms with Crippen LogP contribution >= 0.6 is 11.3 Å². The zero-order valence-corrected chi connectivity index (χ0v) is 11.1. The Balaban J connectivity index is 1.67. The number of hydrogen-bond donors (Lipinski definition) is 2. The van der Waals surface area contributed by atoms with Crippen LogP contribution < -0.4 is 5.32 Å². The monoisotopic (exact) mass is 286 g/mol. The molecule has 3 rings (SSSR count). The second-order valence-corrected chi connectivity index (χ2v) is 4.82. The Morgan fingerprint density at radius 2 is 2.15 bits per heavy atom. The maximum Gasteiger partial charge on any atom is 0.233 e. The first-order valence-corrected chi connectivity index (χ1v) is 6.72. The third kappa shape index (κ3) is 2.86. The first kappa shape index (κ1) is 12.4. The van der Waals surface area contributed by atoms with Gasteiger partial charge < -0.3 is 5.32 Å². The van der Waals surface area contributed by atoms with Gasteiger partial charge in [-0.3, -0.25) is 4.79 Å². The van der Waals surface area contributed by atoms with Crippen LogP contribution in [0, 0.1) is 0 Å². The van der Waals surface area contributed by atoms with Crippen molar-refractivity contribution in [1.29, 1.82) is 0 Å². The van der Waals surface area contributed by atoms with Crippen molar-refractivity contribution in [1.82, 2.24) is 25.6 Å². The zero-order valence-electron chi connectivity index (χ0n) is 10.3. The summed E-state index contributed by atoms with van der Waals surface area (Å²) in [5.41, 5.74) is 1.85. The number of H-pyrrole nitrogens is 1. The molecule has 0 unspecified atom stereocenters. The number of aromatic amines is 1. The van der Waals surface area contributed by atoms with Crippen molar-refractivity contribution < 1.29 is 4.79 Å². The molecule has 0 fully saturated rings. The van der Waals surface area contributed by atoms with Gasteiger partial charge in [0.15, 0.2) is 11.0 Å². The van der Waals surface area contributed by atoms with Crippen LogP contribution in [0.2, 0.25) is 0 Å². The summed E-state index contributed by atoms with van der Waals surface area (Å²) < 4.78 is 0. The number of nitrogens with zero attached hydrogens (tertiary/aromatic N) is 4. The van der Waals surface area contributed by atoms with Gasteiger partial charge in [0.1, 0.15) is 0 Å². The number of rotatable bonds is 4. The minimum Gasteiger partial charge on any atom is -0.302 e. The van der Waals surface area contributed by atoms with E-state index in [2.05, 4.69) is 30.9 Å². The van der Waals surface area contributed by atoms with Gasteiger partial charge in [0.05, 0.1) is 12.1 Å². The molecule has 2 heterocycles. The number of nitrogens with one attached hydrogen (secondary N) is 2. The number of tetrazole rings is 1. The molecule has 8 heteroatoms. The number of amides is 1. The largest absolute Gasteiger partial charge is 0.302 e. The average Bonchev–Trinajstić information content (AvgIpc) is 3.11. The third-order valence-electron chi connectivity index (χ3n) is 2.53. The van der Waals surface area contributed by atoms with Crippen molar-refractivity contribution >= 4 is 22.4 Å². The van der Waals surface area contributed by atoms with Gasteiger partial charge in [-0.1, -0.05) is 35.5 Å². The molecule has 0 saturated carbocycles. The average molecular weight is 286 g/mol. The summed E-state index contributed by atoms with van der Waals surface area (Å²) in [4.78, 5) is 16.1. The van der Waals surface area contributed by atoms with Gasteiger partial charge in [0.25, 0.3) is 0 Å². The smallest absolute Gasteiger partial charge is 0.233 e. The molecular weight excluding hydrogens is 276 g/mol. The van der Waals surface area contributed by atoms with Crippen molar-refractivity contribution in [3.05, 3.63) is 41.5 Å². The number of carbonyl (C=O) groups excluding carboxylic acids is 1. The van der Waals surface area contributed by atoms with Crippen LogP contribution in [-0.4, -0.2) is 31.5 Å². The fraction of sp³-hybridized carbons (Fsp3) is 0.0833. The highest BCUT2D eigenvalue weighted by Crippen LogP contribution is 2.24. The summed E-state index contributed by atoms with van der Waals surface area (Å²) in [6.45, 7) is 0. The maximum absolute atomic E-state index is 11.8. The van der Waals surface area contributed by atoms with Crippen LogP contribution in [0.5, 0.6) is 0 Å². The van der Waals surface area contributed by atoms with Crippen molar-refractivity contribution in [3.8, 4) is 11.3 Å². The van der Waals surface area contributed by atoms with Crippen LogP contribution in [0.1, 0.15) is 5.82 Å². The molecule has 7 nitrogen and oxygen atoms in total. The molecule has 2 N–H and O–H groups in total. The highest BCUT2D eigenvalue weighted by atomic mass is 32.1. The number of aromatic nitrogens is 5. The fourth-order valence-corrected chi connectivity index (χ4v) is 2.37. The highest BCUT2D eigenvalue weighted by Gasteiger charge is 2.10. The van der Waals surface area contributed by atoms with Gasteiger partial charge in [-0.05, 0) is 0 Å². The summed E-state index contributed by atoms with van der Waals surface area (Å²) >= 11 is 1.38. The normalized spacial score (nSPS) is 10.4. The van der Waals surface area contributed by atoms with E-state index in [1.54, 1.807) is 0 Å². The van der Waals surface area contributed by atoms with Crippen LogP contribution in [0.25, 0.3) is 11.3 Å². The Bertz CT molecular complexity index is 694. The van der Waals surface area contributed by atoms with Gasteiger partial charge in [-0.25, -0.2) is 4.98 Å². The van der Waals surface area contributed by atoms with Crippen LogP contribution in [0.4, 0.5) is 5.13 Å². The molecular formula is C12H10N6OS. The first-order chi connectivity index (χ1) is 9.81. The number of anilines is 1. The summed E-state index contributed by atoms with van der Waals surface area (Å²) in [5, 5.41) is 18.3. The van der Waals surface area contributed by atoms with E-state index < -0.39 is 0 Å². The van der Waals surface area contributed by atoms with Crippen LogP contribution in [-0.2, 0) is 11.2 Å². The van der Waals surface area contributed by atoms with E-state index >= 15 is 0 Å². The lowest BCUT2D eigenvalue weighted by molar-refractivity contribution is -0.115. The molecule has 0 aliphatic heterocycles. The summed E-state index contributed by atoms with van der Waals surface area (Å²) in [6, 6.07) is 9.79. The van der Waals surface area contributed by atoms with Gasteiger partial charge in [-0.2, -0.15) is 5.21 Å². The second kappa shape index (κ2) is 5.57. The van der Waals surface area contributed by atoms with Crippen molar-refractivity contribution in [3.63, 3.8) is 0 Å². The van der Waals surface area contributed by atoms with Gasteiger partial charge in [0, 0.05) is 10.9 Å². The maximum atomic E-state index is 11.8. The van der Waals surface area contributed by atoms with E-state index in [1.807, 2.05) is 35.7 Å². The Hall–Kier alpha value is -2.61. The molecule has 100 valence electrons. The SMILES string of the molecule is O=C(Cc1nn[nH]n1)Nc1nc(-c2ccccc2)cs1. The first-order valence-electron chi connectivity index (χ1n) is 5.84. The molecule has 2 aromatic heterocycles. The van der Waals surface area contributed by atoms with Crippen LogP contribution in [0.3, 0.4) is 0 Å². The molecule has 1 amide bonds. The van der Waals surface area contributed by atoms with E-state index in [0.717, 1.165) is 11.3 Å². The molecule has 0 spiro atoms. The Labute approximate surface area is 118 Å². The fourth-order valence-electron chi connectivity index (χ4n) is 1.64. The van der Waals surface area contributed by atoms with Gasteiger partial charge in [-0.15, -0.1) is 21.5 Å². The minimum atomic E-state index is -0.222. The molecule has 0 atom stereocenters. The lowest BCUT2D eigenvalue weighted by Crippen LogP contribution is -2.15. The molecule has 0 bridgehead atoms. The van der Waals surface area contributed by atoms with Crippen molar-refractivity contribution in [2.24, 2.45) is 0 Å². The number of thiazole rings is 1. The number of benzene rings is 1. The van der Waals surface area contributed by atoms with E-state index in [0.29, 0.717) is 11.0 Å². The second-order valence-electron chi connectivity index (χ2n) is 3.96. The van der Waals surface area contributed by atoms with Crippen LogP contribution in [0.15, 0.2) is 35.7 Å². The molecule has 0 aliphatic rings. The van der Waals surface area contributed by atoms with E-state index in [4.69, 9.17) is 0 Å². The number of hydrogen-bond acceptors (Lipinski definition) is 6. The highest BCUT2D eigenvalue weighted by molar-refractivity contribution is 7.14. The Morgan fingerprint density at radius 3 is 2.90 bits per heavy atom. The standard InChI is InChI=1S/C12H10N6OS/c19-11(6-10-15-17-18-16-10)14-12-13-9(7-20-12)8-4-2-1-3-5-8/h1-5,7H,6H2,(H,13,14,19)(H,15,16,17,18). The topological polar surface area (TPSA) is 96.5 Å². The lowest BCUT2D eigenvalue weighted by atomic mass is 10.2. The Morgan fingerprint density at radius 1 is 1.30 bits per heavy atom. The molecule has 20 heavy (non-hydrogen) atoms. The van der Waals surface area contributed by atoms with Crippen molar-refractivity contribution in [2.75, 3.05) is 5.32 Å². The summed E-state index contributed by atoms with van der Waals surface area (Å²) in [7, 11) is 0. The van der Waals surface area contributed by atoms with Crippen molar-refractivity contribution in [2.45, 2.75) is 6.42 Å². The van der Waals surface area contributed by atoms with Gasteiger partial charge >= 0.3 is 0 Å². The van der Waals surface area contributed by atoms with E-state index in [9.17, 15) is 4.79 Å². The zero-order chi connectivity index (χ0) is 13.8. The van der Waals surface area contributed by atoms with E-state index in [1.165, 1.54) is 11.3 Å². The van der Waals surface area contributed by atoms with E-state index in [-0.39, 0.29) is 12.3 Å². The molecule has 3 aromatic rings. The summed E-state index contributed by atoms with van der Waals surface area (Å²) in [6.07, 6.45) is 0.0662. The predicted molar refractivity (Wildman–Crippen MR) is 74.1 cm³/mol. The quantitative estimate of drug-likeness (QED) is 0.757. The Kier molecular flexibility index (Phi) is 3.46. The predicted octanol–water partition coefficient (Wildman–Crippen LogP) is 1.50. The minimum absolute atomic E-state index is 0.0662. The molecule has 0 radical (unpaired) electrons. The molecule has 0 saturated heterocycles. The number of carbonyl (C=O) groups is 1. The summed E-state index contributed by atoms with van der Waals surface area (Å²) in [5.74, 6) is 0.128. The third-order valence-corrected chi connectivity index (χ3v) is 3.29. The molecule has 0 aliphatic carbocycles.